The highest BCUT2D eigenvalue weighted by atomic mass is 16.5. The minimum Gasteiger partial charge on any atom is -0.497 e. The number of aryl methyl sites for hydroxylation is 1. The first-order valence-corrected chi connectivity index (χ1v) is 5.48. The molecule has 0 bridgehead atoms. The fourth-order valence-corrected chi connectivity index (χ4v) is 1.87. The van der Waals surface area contributed by atoms with Crippen LogP contribution in [0.1, 0.15) is 18.4 Å². The fourth-order valence-electron chi connectivity index (χ4n) is 1.87. The summed E-state index contributed by atoms with van der Waals surface area (Å²) in [5.41, 5.74) is 2.18. The largest absolute Gasteiger partial charge is 0.497 e. The van der Waals surface area contributed by atoms with E-state index in [9.17, 15) is 0 Å². The van der Waals surface area contributed by atoms with Gasteiger partial charge in [0.25, 0.3) is 0 Å². The zero-order chi connectivity index (χ0) is 11.5. The van der Waals surface area contributed by atoms with Gasteiger partial charge in [-0.3, -0.25) is 0 Å². The summed E-state index contributed by atoms with van der Waals surface area (Å²) < 4.78 is 7.36. The Hall–Kier alpha value is -1.55. The standard InChI is InChI=1S/C12H17N3O/c1-4-12-14-10(8-13-2)11-7-9(16-3)5-6-15(11)12/h5-7,13H,4,8H2,1-3H3. The topological polar surface area (TPSA) is 38.6 Å². The van der Waals surface area contributed by atoms with E-state index in [0.29, 0.717) is 0 Å². The second-order valence-electron chi connectivity index (χ2n) is 3.68. The Morgan fingerprint density at radius 1 is 1.50 bits per heavy atom. The van der Waals surface area contributed by atoms with Gasteiger partial charge < -0.3 is 14.5 Å². The third kappa shape index (κ3) is 1.76. The van der Waals surface area contributed by atoms with Gasteiger partial charge in [0, 0.05) is 25.2 Å². The van der Waals surface area contributed by atoms with Gasteiger partial charge in [-0.2, -0.15) is 0 Å². The molecule has 0 radical (unpaired) electrons. The van der Waals surface area contributed by atoms with E-state index >= 15 is 0 Å². The molecule has 0 fully saturated rings. The van der Waals surface area contributed by atoms with Gasteiger partial charge in [0.1, 0.15) is 11.6 Å². The minimum atomic E-state index is 0.774. The van der Waals surface area contributed by atoms with Crippen molar-refractivity contribution >= 4 is 5.52 Å². The Morgan fingerprint density at radius 3 is 2.94 bits per heavy atom. The quantitative estimate of drug-likeness (QED) is 0.849. The molecule has 1 N–H and O–H groups in total. The monoisotopic (exact) mass is 219 g/mol. The van der Waals surface area contributed by atoms with Crippen LogP contribution < -0.4 is 10.1 Å². The molecule has 4 heteroatoms. The molecular formula is C12H17N3O. The molecule has 0 aliphatic carbocycles. The highest BCUT2D eigenvalue weighted by Gasteiger charge is 2.09. The van der Waals surface area contributed by atoms with Crippen molar-refractivity contribution in [2.75, 3.05) is 14.2 Å². The van der Waals surface area contributed by atoms with Crippen molar-refractivity contribution in [1.82, 2.24) is 14.7 Å². The molecule has 86 valence electrons. The second kappa shape index (κ2) is 4.53. The summed E-state index contributed by atoms with van der Waals surface area (Å²) in [4.78, 5) is 4.62. The van der Waals surface area contributed by atoms with Gasteiger partial charge in [-0.15, -0.1) is 0 Å². The number of methoxy groups -OCH3 is 1. The number of hydrogen-bond acceptors (Lipinski definition) is 3. The third-order valence-corrected chi connectivity index (χ3v) is 2.66. The van der Waals surface area contributed by atoms with Crippen LogP contribution in [-0.4, -0.2) is 23.5 Å². The van der Waals surface area contributed by atoms with Gasteiger partial charge in [-0.05, 0) is 13.1 Å². The lowest BCUT2D eigenvalue weighted by molar-refractivity contribution is 0.414. The third-order valence-electron chi connectivity index (χ3n) is 2.66. The molecule has 0 aliphatic heterocycles. The first-order chi connectivity index (χ1) is 7.80. The molecule has 2 heterocycles. The summed E-state index contributed by atoms with van der Waals surface area (Å²) in [7, 11) is 3.61. The number of pyridine rings is 1. The number of ether oxygens (including phenoxy) is 1. The maximum atomic E-state index is 5.24. The Kier molecular flexibility index (Phi) is 3.10. The van der Waals surface area contributed by atoms with Crippen LogP contribution in [0.3, 0.4) is 0 Å². The summed E-state index contributed by atoms with van der Waals surface area (Å²) in [5.74, 6) is 1.95. The highest BCUT2D eigenvalue weighted by Crippen LogP contribution is 2.19. The predicted molar refractivity (Wildman–Crippen MR) is 63.9 cm³/mol. The molecule has 2 aromatic heterocycles. The van der Waals surface area contributed by atoms with Crippen LogP contribution in [0, 0.1) is 0 Å². The normalized spacial score (nSPS) is 10.9. The van der Waals surface area contributed by atoms with Crippen LogP contribution in [-0.2, 0) is 13.0 Å². The number of hydrogen-bond donors (Lipinski definition) is 1. The molecule has 16 heavy (non-hydrogen) atoms. The molecule has 2 rings (SSSR count). The molecule has 0 spiro atoms. The van der Waals surface area contributed by atoms with Gasteiger partial charge in [0.2, 0.25) is 0 Å². The molecule has 0 amide bonds. The first-order valence-electron chi connectivity index (χ1n) is 5.48. The van der Waals surface area contributed by atoms with Crippen molar-refractivity contribution in [2.45, 2.75) is 19.9 Å². The Bertz CT molecular complexity index is 490. The number of fused-ring (bicyclic) bond motifs is 1. The van der Waals surface area contributed by atoms with Crippen molar-refractivity contribution < 1.29 is 4.74 Å². The lowest BCUT2D eigenvalue weighted by atomic mass is 10.3. The molecule has 0 unspecified atom stereocenters. The van der Waals surface area contributed by atoms with E-state index in [0.717, 1.165) is 35.8 Å². The van der Waals surface area contributed by atoms with Crippen LogP contribution in [0.5, 0.6) is 5.75 Å². The molecule has 0 saturated carbocycles. The molecular weight excluding hydrogens is 202 g/mol. The van der Waals surface area contributed by atoms with Crippen LogP contribution in [0.15, 0.2) is 18.3 Å². The second-order valence-corrected chi connectivity index (χ2v) is 3.68. The van der Waals surface area contributed by atoms with E-state index in [1.165, 1.54) is 0 Å². The Morgan fingerprint density at radius 2 is 2.31 bits per heavy atom. The van der Waals surface area contributed by atoms with Crippen molar-refractivity contribution in [3.63, 3.8) is 0 Å². The predicted octanol–water partition coefficient (Wildman–Crippen LogP) is 1.62. The van der Waals surface area contributed by atoms with Crippen LogP contribution in [0.2, 0.25) is 0 Å². The summed E-state index contributed by atoms with van der Waals surface area (Å²) in [6.07, 6.45) is 2.94. The molecule has 2 aromatic rings. The van der Waals surface area contributed by atoms with Gasteiger partial charge in [0.15, 0.2) is 0 Å². The minimum absolute atomic E-state index is 0.774. The summed E-state index contributed by atoms with van der Waals surface area (Å²) in [5, 5.41) is 3.13. The lowest BCUT2D eigenvalue weighted by Gasteiger charge is -2.02. The van der Waals surface area contributed by atoms with Gasteiger partial charge in [-0.1, -0.05) is 6.92 Å². The zero-order valence-electron chi connectivity index (χ0n) is 9.95. The van der Waals surface area contributed by atoms with Gasteiger partial charge in [0.05, 0.1) is 18.3 Å². The zero-order valence-corrected chi connectivity index (χ0v) is 9.95. The molecule has 4 nitrogen and oxygen atoms in total. The first kappa shape index (κ1) is 11.0. The number of imidazole rings is 1. The smallest absolute Gasteiger partial charge is 0.122 e. The summed E-state index contributed by atoms with van der Waals surface area (Å²) in [6, 6.07) is 3.98. The molecule has 0 saturated heterocycles. The number of nitrogens with one attached hydrogen (secondary N) is 1. The van der Waals surface area contributed by atoms with E-state index in [2.05, 4.69) is 21.6 Å². The van der Waals surface area contributed by atoms with E-state index < -0.39 is 0 Å². The van der Waals surface area contributed by atoms with Crippen LogP contribution >= 0.6 is 0 Å². The van der Waals surface area contributed by atoms with E-state index in [4.69, 9.17) is 4.74 Å². The summed E-state index contributed by atoms with van der Waals surface area (Å²) in [6.45, 7) is 2.89. The maximum Gasteiger partial charge on any atom is 0.122 e. The molecule has 0 atom stereocenters. The SMILES string of the molecule is CCc1nc(CNC)c2cc(OC)ccn12. The van der Waals surface area contributed by atoms with Crippen molar-refractivity contribution in [1.29, 1.82) is 0 Å². The van der Waals surface area contributed by atoms with Crippen LogP contribution in [0.4, 0.5) is 0 Å². The Balaban J connectivity index is 2.60. The number of nitrogens with zero attached hydrogens (tertiary/aromatic N) is 2. The van der Waals surface area contributed by atoms with Gasteiger partial charge >= 0.3 is 0 Å². The lowest BCUT2D eigenvalue weighted by Crippen LogP contribution is -2.05. The van der Waals surface area contributed by atoms with Crippen molar-refractivity contribution in [3.05, 3.63) is 29.8 Å². The van der Waals surface area contributed by atoms with E-state index in [1.807, 2.05) is 25.4 Å². The van der Waals surface area contributed by atoms with Gasteiger partial charge in [-0.25, -0.2) is 4.98 Å². The van der Waals surface area contributed by atoms with Crippen molar-refractivity contribution in [2.24, 2.45) is 0 Å². The summed E-state index contributed by atoms with van der Waals surface area (Å²) >= 11 is 0. The van der Waals surface area contributed by atoms with Crippen molar-refractivity contribution in [3.8, 4) is 5.75 Å². The Labute approximate surface area is 95.3 Å². The van der Waals surface area contributed by atoms with Crippen LogP contribution in [0.25, 0.3) is 5.52 Å². The molecule has 0 aliphatic rings. The molecule has 0 aromatic carbocycles. The maximum absolute atomic E-state index is 5.24. The number of aromatic nitrogens is 2. The average Bonchev–Trinajstić information content (AvgIpc) is 2.67. The number of rotatable bonds is 4. The highest BCUT2D eigenvalue weighted by molar-refractivity contribution is 5.56. The fraction of sp³-hybridized carbons (Fsp3) is 0.417. The van der Waals surface area contributed by atoms with E-state index in [1.54, 1.807) is 7.11 Å². The average molecular weight is 219 g/mol. The van der Waals surface area contributed by atoms with E-state index in [-0.39, 0.29) is 0 Å².